The quantitative estimate of drug-likeness (QED) is 0.429. The highest BCUT2D eigenvalue weighted by Crippen LogP contribution is 2.40. The molecule has 0 aromatic heterocycles. The molecule has 4 aromatic rings. The zero-order valence-corrected chi connectivity index (χ0v) is 16.8. The Morgan fingerprint density at radius 3 is 1.57 bits per heavy atom. The fourth-order valence-corrected chi connectivity index (χ4v) is 3.88. The van der Waals surface area contributed by atoms with E-state index in [4.69, 9.17) is 4.74 Å². The molecule has 0 spiro atoms. The fourth-order valence-electron chi connectivity index (χ4n) is 3.88. The minimum atomic E-state index is -1.01. The van der Waals surface area contributed by atoms with E-state index in [1.807, 2.05) is 115 Å². The summed E-state index contributed by atoms with van der Waals surface area (Å²) in [7, 11) is 1.61. The molecule has 3 nitrogen and oxygen atoms in total. The maximum atomic E-state index is 14.1. The van der Waals surface area contributed by atoms with Gasteiger partial charge >= 0.3 is 0 Å². The first kappa shape index (κ1) is 19.5. The average Bonchev–Trinajstić information content (AvgIpc) is 2.82. The molecule has 0 fully saturated rings. The summed E-state index contributed by atoms with van der Waals surface area (Å²) in [5.74, 6) is 0.567. The maximum Gasteiger partial charge on any atom is 0.244 e. The van der Waals surface area contributed by atoms with E-state index < -0.39 is 5.41 Å². The summed E-state index contributed by atoms with van der Waals surface area (Å²) < 4.78 is 5.32. The summed E-state index contributed by atoms with van der Waals surface area (Å²) in [6, 6.07) is 37.1. The van der Waals surface area contributed by atoms with Gasteiger partial charge in [-0.3, -0.25) is 4.79 Å². The fraction of sp³-hybridized carbons (Fsp3) is 0.0741. The summed E-state index contributed by atoms with van der Waals surface area (Å²) in [4.78, 5) is 14.1. The monoisotopic (exact) mass is 393 g/mol. The number of carbonyl (C=O) groups is 1. The van der Waals surface area contributed by atoms with E-state index >= 15 is 0 Å². The van der Waals surface area contributed by atoms with Crippen LogP contribution in [0.2, 0.25) is 0 Å². The van der Waals surface area contributed by atoms with Crippen LogP contribution in [0.25, 0.3) is 0 Å². The van der Waals surface area contributed by atoms with E-state index in [-0.39, 0.29) is 5.91 Å². The number of benzene rings is 4. The van der Waals surface area contributed by atoms with Crippen LogP contribution in [0.3, 0.4) is 0 Å². The third kappa shape index (κ3) is 3.58. The van der Waals surface area contributed by atoms with Crippen molar-refractivity contribution in [2.75, 3.05) is 12.4 Å². The van der Waals surface area contributed by atoms with Crippen LogP contribution in [0, 0.1) is 0 Å². The molecule has 0 radical (unpaired) electrons. The zero-order valence-electron chi connectivity index (χ0n) is 16.8. The SMILES string of the molecule is COc1cccc(NC(=O)C(c2ccccc2)(c2ccccc2)c2ccccc2)c1. The van der Waals surface area contributed by atoms with Gasteiger partial charge < -0.3 is 10.1 Å². The van der Waals surface area contributed by atoms with Crippen LogP contribution in [0.1, 0.15) is 16.7 Å². The number of methoxy groups -OCH3 is 1. The third-order valence-corrected chi connectivity index (χ3v) is 5.29. The first-order valence-electron chi connectivity index (χ1n) is 9.87. The van der Waals surface area contributed by atoms with Crippen LogP contribution < -0.4 is 10.1 Å². The number of anilines is 1. The largest absolute Gasteiger partial charge is 0.497 e. The van der Waals surface area contributed by atoms with Gasteiger partial charge in [0.2, 0.25) is 5.91 Å². The topological polar surface area (TPSA) is 38.3 Å². The van der Waals surface area contributed by atoms with Crippen molar-refractivity contribution in [2.24, 2.45) is 0 Å². The van der Waals surface area contributed by atoms with Gasteiger partial charge in [-0.25, -0.2) is 0 Å². The van der Waals surface area contributed by atoms with Gasteiger partial charge in [-0.15, -0.1) is 0 Å². The predicted molar refractivity (Wildman–Crippen MR) is 121 cm³/mol. The normalized spacial score (nSPS) is 11.0. The van der Waals surface area contributed by atoms with Gasteiger partial charge in [0.1, 0.15) is 11.2 Å². The zero-order chi connectivity index (χ0) is 20.8. The van der Waals surface area contributed by atoms with Crippen molar-refractivity contribution >= 4 is 11.6 Å². The lowest BCUT2D eigenvalue weighted by Gasteiger charge is -2.34. The predicted octanol–water partition coefficient (Wildman–Crippen LogP) is 5.67. The first-order chi connectivity index (χ1) is 14.7. The highest BCUT2D eigenvalue weighted by atomic mass is 16.5. The van der Waals surface area contributed by atoms with Crippen molar-refractivity contribution < 1.29 is 9.53 Å². The molecule has 0 heterocycles. The van der Waals surface area contributed by atoms with Crippen LogP contribution in [0.4, 0.5) is 5.69 Å². The van der Waals surface area contributed by atoms with Crippen LogP contribution in [0.5, 0.6) is 5.75 Å². The van der Waals surface area contributed by atoms with Crippen molar-refractivity contribution in [3.63, 3.8) is 0 Å². The Kier molecular flexibility index (Phi) is 5.62. The minimum Gasteiger partial charge on any atom is -0.497 e. The molecule has 1 N–H and O–H groups in total. The highest BCUT2D eigenvalue weighted by molar-refractivity contribution is 6.04. The maximum absolute atomic E-state index is 14.1. The molecule has 148 valence electrons. The van der Waals surface area contributed by atoms with Gasteiger partial charge in [0.15, 0.2) is 0 Å². The summed E-state index contributed by atoms with van der Waals surface area (Å²) in [5.41, 5.74) is 2.40. The Hall–Kier alpha value is -3.85. The molecule has 0 atom stereocenters. The summed E-state index contributed by atoms with van der Waals surface area (Å²) in [6.45, 7) is 0. The van der Waals surface area contributed by atoms with Gasteiger partial charge in [0.05, 0.1) is 7.11 Å². The lowest BCUT2D eigenvalue weighted by Crippen LogP contribution is -2.42. The number of nitrogens with one attached hydrogen (secondary N) is 1. The number of hydrogen-bond donors (Lipinski definition) is 1. The lowest BCUT2D eigenvalue weighted by molar-refractivity contribution is -0.119. The second-order valence-electron chi connectivity index (χ2n) is 7.03. The minimum absolute atomic E-state index is 0.126. The molecule has 3 heteroatoms. The van der Waals surface area contributed by atoms with Crippen LogP contribution in [-0.2, 0) is 10.2 Å². The summed E-state index contributed by atoms with van der Waals surface area (Å²) in [6.07, 6.45) is 0. The van der Waals surface area contributed by atoms with Crippen LogP contribution in [0.15, 0.2) is 115 Å². The van der Waals surface area contributed by atoms with E-state index in [2.05, 4.69) is 5.32 Å². The number of carbonyl (C=O) groups excluding carboxylic acids is 1. The molecule has 4 aromatic carbocycles. The van der Waals surface area contributed by atoms with Crippen molar-refractivity contribution in [1.82, 2.24) is 0 Å². The van der Waals surface area contributed by atoms with Gasteiger partial charge in [0, 0.05) is 11.8 Å². The van der Waals surface area contributed by atoms with Gasteiger partial charge in [0.25, 0.3) is 0 Å². The van der Waals surface area contributed by atoms with Crippen LogP contribution in [-0.4, -0.2) is 13.0 Å². The Morgan fingerprint density at radius 2 is 1.13 bits per heavy atom. The standard InChI is InChI=1S/C27H23NO2/c1-30-25-19-11-18-24(20-25)28-26(29)27(21-12-5-2-6-13-21,22-14-7-3-8-15-22)23-16-9-4-10-17-23/h2-20H,1H3,(H,28,29). The molecule has 1 amide bonds. The Labute approximate surface area is 177 Å². The van der Waals surface area contributed by atoms with Crippen molar-refractivity contribution in [3.05, 3.63) is 132 Å². The van der Waals surface area contributed by atoms with E-state index in [1.165, 1.54) is 0 Å². The molecular weight excluding hydrogens is 370 g/mol. The first-order valence-corrected chi connectivity index (χ1v) is 9.87. The van der Waals surface area contributed by atoms with Crippen LogP contribution >= 0.6 is 0 Å². The molecule has 0 unspecified atom stereocenters. The Morgan fingerprint density at radius 1 is 0.667 bits per heavy atom. The number of ether oxygens (including phenoxy) is 1. The van der Waals surface area contributed by atoms with E-state index in [1.54, 1.807) is 7.11 Å². The van der Waals surface area contributed by atoms with E-state index in [0.717, 1.165) is 16.7 Å². The van der Waals surface area contributed by atoms with Crippen molar-refractivity contribution in [3.8, 4) is 5.75 Å². The molecule has 0 saturated heterocycles. The van der Waals surface area contributed by atoms with E-state index in [9.17, 15) is 4.79 Å². The second kappa shape index (κ2) is 8.66. The number of rotatable bonds is 6. The second-order valence-corrected chi connectivity index (χ2v) is 7.03. The van der Waals surface area contributed by atoms with Gasteiger partial charge in [-0.05, 0) is 28.8 Å². The van der Waals surface area contributed by atoms with Crippen molar-refractivity contribution in [2.45, 2.75) is 5.41 Å². The Bertz CT molecular complexity index is 1010. The third-order valence-electron chi connectivity index (χ3n) is 5.29. The summed E-state index contributed by atoms with van der Waals surface area (Å²) >= 11 is 0. The van der Waals surface area contributed by atoms with E-state index in [0.29, 0.717) is 11.4 Å². The number of hydrogen-bond acceptors (Lipinski definition) is 2. The average molecular weight is 393 g/mol. The summed E-state index contributed by atoms with van der Waals surface area (Å²) in [5, 5.41) is 3.13. The molecule has 4 rings (SSSR count). The molecule has 0 saturated carbocycles. The molecule has 0 bridgehead atoms. The smallest absolute Gasteiger partial charge is 0.244 e. The lowest BCUT2D eigenvalue weighted by atomic mass is 9.68. The highest BCUT2D eigenvalue weighted by Gasteiger charge is 2.43. The molecule has 30 heavy (non-hydrogen) atoms. The molecule has 0 aliphatic rings. The van der Waals surface area contributed by atoms with Gasteiger partial charge in [-0.2, -0.15) is 0 Å². The number of amides is 1. The van der Waals surface area contributed by atoms with Gasteiger partial charge in [-0.1, -0.05) is 97.1 Å². The Balaban J connectivity index is 1.93. The molecular formula is C27H23NO2. The molecule has 0 aliphatic heterocycles. The molecule has 0 aliphatic carbocycles. The van der Waals surface area contributed by atoms with Crippen molar-refractivity contribution in [1.29, 1.82) is 0 Å².